The van der Waals surface area contributed by atoms with E-state index in [0.717, 1.165) is 33.6 Å². The molecule has 34 heavy (non-hydrogen) atoms. The van der Waals surface area contributed by atoms with Gasteiger partial charge in [-0.15, -0.1) is 11.8 Å². The number of rotatable bonds is 5. The van der Waals surface area contributed by atoms with Crippen LogP contribution in [-0.4, -0.2) is 21.5 Å². The Morgan fingerprint density at radius 1 is 0.971 bits per heavy atom. The standard InChI is InChI=1S/C27H24N4OS2/c1-17-8-7-11-21(16-17)31-18(2)23(26-29-25(30-32-26)20-9-5-4-6-10-20)24(28-27(31)33)19-12-14-22(34-3)15-13-19/h4-16,24H,1-3H3,(H,28,33). The minimum absolute atomic E-state index is 0.214. The van der Waals surface area contributed by atoms with E-state index in [-0.39, 0.29) is 6.04 Å². The van der Waals surface area contributed by atoms with E-state index in [1.54, 1.807) is 11.8 Å². The SMILES string of the molecule is CSc1ccc(C2NC(=S)N(c3cccc(C)c3)C(C)=C2c2nc(-c3ccccc3)no2)cc1. The average molecular weight is 485 g/mol. The third-order valence-electron chi connectivity index (χ3n) is 5.88. The normalized spacial score (nSPS) is 16.0. The third-order valence-corrected chi connectivity index (χ3v) is 6.93. The van der Waals surface area contributed by atoms with Gasteiger partial charge < -0.3 is 9.84 Å². The van der Waals surface area contributed by atoms with Crippen molar-refractivity contribution >= 4 is 40.4 Å². The molecule has 0 spiro atoms. The second-order valence-electron chi connectivity index (χ2n) is 8.12. The lowest BCUT2D eigenvalue weighted by atomic mass is 9.94. The highest BCUT2D eigenvalue weighted by Crippen LogP contribution is 2.39. The molecule has 2 heterocycles. The minimum Gasteiger partial charge on any atom is -0.351 e. The summed E-state index contributed by atoms with van der Waals surface area (Å²) in [6.45, 7) is 4.13. The quantitative estimate of drug-likeness (QED) is 0.252. The van der Waals surface area contributed by atoms with Crippen molar-refractivity contribution in [3.8, 4) is 11.4 Å². The summed E-state index contributed by atoms with van der Waals surface area (Å²) >= 11 is 7.56. The molecule has 3 aromatic carbocycles. The first-order chi connectivity index (χ1) is 16.5. The summed E-state index contributed by atoms with van der Waals surface area (Å²) in [6, 6.07) is 26.4. The molecule has 1 aliphatic heterocycles. The Bertz CT molecular complexity index is 1360. The van der Waals surface area contributed by atoms with Gasteiger partial charge in [-0.05, 0) is 67.7 Å². The fourth-order valence-corrected chi connectivity index (χ4v) is 4.95. The Labute approximate surface area is 208 Å². The van der Waals surface area contributed by atoms with E-state index >= 15 is 0 Å². The number of hydrogen-bond donors (Lipinski definition) is 1. The van der Waals surface area contributed by atoms with Gasteiger partial charge in [0.05, 0.1) is 11.6 Å². The number of thiocarbonyl (C=S) groups is 1. The van der Waals surface area contributed by atoms with Crippen LogP contribution in [0.25, 0.3) is 17.0 Å². The molecule has 0 bridgehead atoms. The molecule has 0 saturated carbocycles. The molecule has 5 nitrogen and oxygen atoms in total. The zero-order valence-corrected chi connectivity index (χ0v) is 20.8. The van der Waals surface area contributed by atoms with Crippen LogP contribution in [-0.2, 0) is 0 Å². The predicted octanol–water partition coefficient (Wildman–Crippen LogP) is 6.63. The van der Waals surface area contributed by atoms with Crippen LogP contribution in [0.4, 0.5) is 5.69 Å². The minimum atomic E-state index is -0.214. The van der Waals surface area contributed by atoms with Crippen LogP contribution in [0, 0.1) is 6.92 Å². The third kappa shape index (κ3) is 4.24. The van der Waals surface area contributed by atoms with Crippen molar-refractivity contribution in [1.29, 1.82) is 0 Å². The van der Waals surface area contributed by atoms with Gasteiger partial charge in [0.15, 0.2) is 5.11 Å². The molecule has 1 unspecified atom stereocenters. The molecule has 7 heteroatoms. The van der Waals surface area contributed by atoms with Gasteiger partial charge in [0, 0.05) is 21.8 Å². The van der Waals surface area contributed by atoms with Crippen molar-refractivity contribution in [1.82, 2.24) is 15.5 Å². The molecule has 1 N–H and O–H groups in total. The molecule has 0 fully saturated rings. The summed E-state index contributed by atoms with van der Waals surface area (Å²) in [7, 11) is 0. The second-order valence-corrected chi connectivity index (χ2v) is 9.38. The van der Waals surface area contributed by atoms with E-state index in [2.05, 4.69) is 73.0 Å². The van der Waals surface area contributed by atoms with Crippen LogP contribution in [0.1, 0.15) is 30.0 Å². The molecule has 1 aromatic heterocycles. The predicted molar refractivity (Wildman–Crippen MR) is 143 cm³/mol. The molecule has 1 aliphatic rings. The maximum absolute atomic E-state index is 5.85. The maximum Gasteiger partial charge on any atom is 0.258 e. The molecule has 1 atom stereocenters. The number of allylic oxidation sites excluding steroid dienone is 1. The maximum atomic E-state index is 5.85. The highest BCUT2D eigenvalue weighted by atomic mass is 32.2. The number of anilines is 1. The van der Waals surface area contributed by atoms with Gasteiger partial charge >= 0.3 is 0 Å². The topological polar surface area (TPSA) is 54.2 Å². The van der Waals surface area contributed by atoms with Crippen LogP contribution in [0.2, 0.25) is 0 Å². The van der Waals surface area contributed by atoms with Gasteiger partial charge in [0.2, 0.25) is 5.82 Å². The van der Waals surface area contributed by atoms with Gasteiger partial charge in [-0.1, -0.05) is 59.8 Å². The van der Waals surface area contributed by atoms with Crippen LogP contribution in [0.5, 0.6) is 0 Å². The van der Waals surface area contributed by atoms with Crippen LogP contribution in [0.3, 0.4) is 0 Å². The largest absolute Gasteiger partial charge is 0.351 e. The molecule has 170 valence electrons. The van der Waals surface area contributed by atoms with Gasteiger partial charge in [-0.2, -0.15) is 4.98 Å². The number of thioether (sulfide) groups is 1. The monoisotopic (exact) mass is 484 g/mol. The van der Waals surface area contributed by atoms with Crippen LogP contribution in [0.15, 0.2) is 94.0 Å². The van der Waals surface area contributed by atoms with E-state index in [1.165, 1.54) is 4.90 Å². The van der Waals surface area contributed by atoms with Crippen molar-refractivity contribution in [2.45, 2.75) is 24.8 Å². The number of aromatic nitrogens is 2. The molecule has 0 radical (unpaired) electrons. The highest BCUT2D eigenvalue weighted by Gasteiger charge is 2.34. The fourth-order valence-electron chi connectivity index (χ4n) is 4.18. The first-order valence-electron chi connectivity index (χ1n) is 11.0. The molecule has 5 rings (SSSR count). The lowest BCUT2D eigenvalue weighted by molar-refractivity contribution is 0.404. The van der Waals surface area contributed by atoms with E-state index in [4.69, 9.17) is 21.7 Å². The van der Waals surface area contributed by atoms with Gasteiger partial charge in [0.25, 0.3) is 5.89 Å². The van der Waals surface area contributed by atoms with Gasteiger partial charge in [-0.3, -0.25) is 4.90 Å². The second kappa shape index (κ2) is 9.44. The first-order valence-corrected chi connectivity index (χ1v) is 12.6. The van der Waals surface area contributed by atoms with Gasteiger partial charge in [-0.25, -0.2) is 0 Å². The van der Waals surface area contributed by atoms with Crippen molar-refractivity contribution in [2.75, 3.05) is 11.2 Å². The zero-order chi connectivity index (χ0) is 23.7. The van der Waals surface area contributed by atoms with Gasteiger partial charge in [0.1, 0.15) is 0 Å². The van der Waals surface area contributed by atoms with Crippen LogP contribution < -0.4 is 10.2 Å². The van der Waals surface area contributed by atoms with Crippen molar-refractivity contribution < 1.29 is 4.52 Å². The molecule has 0 saturated heterocycles. The Hall–Kier alpha value is -3.42. The Kier molecular flexibility index (Phi) is 6.22. The zero-order valence-electron chi connectivity index (χ0n) is 19.1. The molecule has 0 aliphatic carbocycles. The highest BCUT2D eigenvalue weighted by molar-refractivity contribution is 7.98. The Morgan fingerprint density at radius 3 is 2.44 bits per heavy atom. The lowest BCUT2D eigenvalue weighted by Gasteiger charge is -2.37. The van der Waals surface area contributed by atoms with E-state index in [1.807, 2.05) is 41.3 Å². The molecule has 0 amide bonds. The average Bonchev–Trinajstić information content (AvgIpc) is 3.34. The molecular formula is C27H24N4OS2. The number of hydrogen-bond acceptors (Lipinski definition) is 5. The summed E-state index contributed by atoms with van der Waals surface area (Å²) in [4.78, 5) is 8.03. The number of nitrogens with zero attached hydrogens (tertiary/aromatic N) is 3. The summed E-state index contributed by atoms with van der Waals surface area (Å²) < 4.78 is 5.84. The number of benzene rings is 3. The lowest BCUT2D eigenvalue weighted by Crippen LogP contribution is -2.46. The van der Waals surface area contributed by atoms with Crippen molar-refractivity contribution in [3.05, 3.63) is 102 Å². The fraction of sp³-hybridized carbons (Fsp3) is 0.148. The Morgan fingerprint density at radius 2 is 1.74 bits per heavy atom. The smallest absolute Gasteiger partial charge is 0.258 e. The summed E-state index contributed by atoms with van der Waals surface area (Å²) in [5.41, 5.74) is 6.00. The van der Waals surface area contributed by atoms with Crippen molar-refractivity contribution in [2.24, 2.45) is 0 Å². The van der Waals surface area contributed by atoms with Crippen molar-refractivity contribution in [3.63, 3.8) is 0 Å². The van der Waals surface area contributed by atoms with E-state index in [0.29, 0.717) is 16.8 Å². The van der Waals surface area contributed by atoms with E-state index in [9.17, 15) is 0 Å². The number of aryl methyl sites for hydroxylation is 1. The van der Waals surface area contributed by atoms with Crippen LogP contribution >= 0.6 is 24.0 Å². The van der Waals surface area contributed by atoms with E-state index < -0.39 is 0 Å². The summed E-state index contributed by atoms with van der Waals surface area (Å²) in [5, 5.41) is 8.44. The summed E-state index contributed by atoms with van der Waals surface area (Å²) in [6.07, 6.45) is 2.07. The Balaban J connectivity index is 1.65. The molecular weight excluding hydrogens is 460 g/mol. The first kappa shape index (κ1) is 22.4. The molecule has 4 aromatic rings. The number of nitrogens with one attached hydrogen (secondary N) is 1. The summed E-state index contributed by atoms with van der Waals surface area (Å²) in [5.74, 6) is 1.03.